The summed E-state index contributed by atoms with van der Waals surface area (Å²) in [5.41, 5.74) is 2.45. The number of aromatic amines is 1. The maximum atomic E-state index is 13.3. The van der Waals surface area contributed by atoms with E-state index in [1.54, 1.807) is 0 Å². The minimum atomic E-state index is -0.953. The number of H-pyrrole nitrogens is 1. The summed E-state index contributed by atoms with van der Waals surface area (Å²) in [4.78, 5) is 18.9. The van der Waals surface area contributed by atoms with Crippen molar-refractivity contribution >= 4 is 6.29 Å². The highest BCUT2D eigenvalue weighted by Crippen LogP contribution is 2.26. The van der Waals surface area contributed by atoms with Crippen molar-refractivity contribution < 1.29 is 13.6 Å². The Labute approximate surface area is 115 Å². The third kappa shape index (κ3) is 2.24. The van der Waals surface area contributed by atoms with Crippen molar-refractivity contribution in [2.24, 2.45) is 0 Å². The second kappa shape index (κ2) is 5.15. The van der Waals surface area contributed by atoms with E-state index < -0.39 is 17.6 Å². The van der Waals surface area contributed by atoms with Gasteiger partial charge in [-0.05, 0) is 43.4 Å². The molecule has 0 bridgehead atoms. The molecule has 0 spiro atoms. The molecule has 0 saturated carbocycles. The molecule has 1 heterocycles. The lowest BCUT2D eigenvalue weighted by molar-refractivity contribution is -0.108. The highest BCUT2D eigenvalue weighted by molar-refractivity contribution is 5.66. The maximum Gasteiger partial charge on any atom is 0.159 e. The fourth-order valence-corrected chi connectivity index (χ4v) is 2.63. The van der Waals surface area contributed by atoms with E-state index in [1.807, 2.05) is 0 Å². The standard InChI is InChI=1S/C15H14F2N2O/c16-11-6-5-9(7-12(11)17)10(8-20)15-18-13-3-1-2-4-14(13)19-15/h5-8,10H,1-4H2,(H,18,19). The van der Waals surface area contributed by atoms with Crippen molar-refractivity contribution in [2.45, 2.75) is 31.6 Å². The van der Waals surface area contributed by atoms with Crippen molar-refractivity contribution in [3.05, 3.63) is 52.6 Å². The van der Waals surface area contributed by atoms with Gasteiger partial charge in [0.15, 0.2) is 11.6 Å². The van der Waals surface area contributed by atoms with Crippen LogP contribution in [0.1, 0.15) is 41.5 Å². The summed E-state index contributed by atoms with van der Waals surface area (Å²) in [7, 11) is 0. The monoisotopic (exact) mass is 276 g/mol. The number of nitrogens with one attached hydrogen (secondary N) is 1. The van der Waals surface area contributed by atoms with Gasteiger partial charge in [0.2, 0.25) is 0 Å². The summed E-state index contributed by atoms with van der Waals surface area (Å²) in [6.07, 6.45) is 4.72. The number of imidazole rings is 1. The molecule has 2 aromatic rings. The molecule has 1 aliphatic rings. The molecular weight excluding hydrogens is 262 g/mol. The molecule has 0 amide bonds. The molecule has 5 heteroatoms. The van der Waals surface area contributed by atoms with Gasteiger partial charge in [-0.15, -0.1) is 0 Å². The molecule has 104 valence electrons. The highest BCUT2D eigenvalue weighted by atomic mass is 19.2. The van der Waals surface area contributed by atoms with Crippen molar-refractivity contribution in [1.82, 2.24) is 9.97 Å². The number of aryl methyl sites for hydroxylation is 2. The second-order valence-corrected chi connectivity index (χ2v) is 5.04. The number of fused-ring (bicyclic) bond motifs is 1. The first kappa shape index (κ1) is 13.0. The van der Waals surface area contributed by atoms with E-state index in [1.165, 1.54) is 6.07 Å². The third-order valence-electron chi connectivity index (χ3n) is 3.71. The lowest BCUT2D eigenvalue weighted by atomic mass is 10.00. The molecule has 0 aliphatic heterocycles. The van der Waals surface area contributed by atoms with Gasteiger partial charge in [0, 0.05) is 5.69 Å². The number of rotatable bonds is 3. The summed E-state index contributed by atoms with van der Waals surface area (Å²) in [6, 6.07) is 3.50. The second-order valence-electron chi connectivity index (χ2n) is 5.04. The van der Waals surface area contributed by atoms with E-state index in [0.29, 0.717) is 17.7 Å². The number of hydrogen-bond donors (Lipinski definition) is 1. The molecule has 1 aromatic carbocycles. The molecule has 0 saturated heterocycles. The fraction of sp³-hybridized carbons (Fsp3) is 0.333. The van der Waals surface area contributed by atoms with E-state index >= 15 is 0 Å². The fourth-order valence-electron chi connectivity index (χ4n) is 2.63. The minimum absolute atomic E-state index is 0.407. The van der Waals surface area contributed by atoms with Crippen LogP contribution in [-0.4, -0.2) is 16.3 Å². The number of halogens is 2. The molecular formula is C15H14F2N2O. The molecule has 1 N–H and O–H groups in total. The van der Waals surface area contributed by atoms with Gasteiger partial charge in [0.05, 0.1) is 11.6 Å². The SMILES string of the molecule is O=CC(c1ccc(F)c(F)c1)c1nc2c([nH]1)CCCC2. The maximum absolute atomic E-state index is 13.3. The van der Waals surface area contributed by atoms with Crippen LogP contribution in [0.2, 0.25) is 0 Å². The topological polar surface area (TPSA) is 45.8 Å². The smallest absolute Gasteiger partial charge is 0.159 e. The van der Waals surface area contributed by atoms with Crippen LogP contribution in [-0.2, 0) is 17.6 Å². The van der Waals surface area contributed by atoms with Gasteiger partial charge in [0.1, 0.15) is 12.1 Å². The molecule has 3 nitrogen and oxygen atoms in total. The normalized spacial score (nSPS) is 15.7. The van der Waals surface area contributed by atoms with Gasteiger partial charge in [-0.3, -0.25) is 0 Å². The summed E-state index contributed by atoms with van der Waals surface area (Å²) in [5.74, 6) is -2.04. The Bertz CT molecular complexity index is 628. The van der Waals surface area contributed by atoms with Gasteiger partial charge in [-0.1, -0.05) is 6.07 Å². The van der Waals surface area contributed by atoms with Crippen LogP contribution < -0.4 is 0 Å². The predicted octanol–water partition coefficient (Wildman–Crippen LogP) is 2.90. The number of nitrogens with zero attached hydrogens (tertiary/aromatic N) is 1. The van der Waals surface area contributed by atoms with E-state index in [0.717, 1.165) is 49.2 Å². The van der Waals surface area contributed by atoms with Gasteiger partial charge in [-0.2, -0.15) is 0 Å². The van der Waals surface area contributed by atoms with Gasteiger partial charge < -0.3 is 9.78 Å². The number of benzene rings is 1. The third-order valence-corrected chi connectivity index (χ3v) is 3.71. The zero-order chi connectivity index (χ0) is 14.1. The van der Waals surface area contributed by atoms with Crippen LogP contribution >= 0.6 is 0 Å². The first-order valence-corrected chi connectivity index (χ1v) is 6.67. The lowest BCUT2D eigenvalue weighted by Gasteiger charge is -2.08. The van der Waals surface area contributed by atoms with Crippen LogP contribution in [0.25, 0.3) is 0 Å². The summed E-state index contributed by atoms with van der Waals surface area (Å²) >= 11 is 0. The predicted molar refractivity (Wildman–Crippen MR) is 69.5 cm³/mol. The van der Waals surface area contributed by atoms with Crippen molar-refractivity contribution in [3.63, 3.8) is 0 Å². The average molecular weight is 276 g/mol. The molecule has 20 heavy (non-hydrogen) atoms. The van der Waals surface area contributed by atoms with Crippen LogP contribution in [0.4, 0.5) is 8.78 Å². The quantitative estimate of drug-likeness (QED) is 0.876. The number of carbonyl (C=O) groups is 1. The Morgan fingerprint density at radius 2 is 2.00 bits per heavy atom. The number of carbonyl (C=O) groups excluding carboxylic acids is 1. The molecule has 1 aromatic heterocycles. The summed E-state index contributed by atoms with van der Waals surface area (Å²) in [5, 5.41) is 0. The van der Waals surface area contributed by atoms with Crippen LogP contribution in [0, 0.1) is 11.6 Å². The summed E-state index contributed by atoms with van der Waals surface area (Å²) in [6.45, 7) is 0. The first-order chi connectivity index (χ1) is 9.69. The molecule has 0 radical (unpaired) electrons. The van der Waals surface area contributed by atoms with Crippen LogP contribution in [0.5, 0.6) is 0 Å². The Kier molecular flexibility index (Phi) is 3.34. The highest BCUT2D eigenvalue weighted by Gasteiger charge is 2.22. The lowest BCUT2D eigenvalue weighted by Crippen LogP contribution is -2.06. The Morgan fingerprint density at radius 1 is 1.20 bits per heavy atom. The molecule has 1 aliphatic carbocycles. The zero-order valence-corrected chi connectivity index (χ0v) is 10.8. The minimum Gasteiger partial charge on any atom is -0.345 e. The average Bonchev–Trinajstić information content (AvgIpc) is 2.87. The number of hydrogen-bond acceptors (Lipinski definition) is 2. The Hall–Kier alpha value is -2.04. The zero-order valence-electron chi connectivity index (χ0n) is 10.8. The van der Waals surface area contributed by atoms with Crippen molar-refractivity contribution in [3.8, 4) is 0 Å². The van der Waals surface area contributed by atoms with E-state index in [2.05, 4.69) is 9.97 Å². The largest absolute Gasteiger partial charge is 0.345 e. The Balaban J connectivity index is 1.98. The van der Waals surface area contributed by atoms with Crippen molar-refractivity contribution in [1.29, 1.82) is 0 Å². The number of aromatic nitrogens is 2. The number of aldehydes is 1. The van der Waals surface area contributed by atoms with Crippen LogP contribution in [0.3, 0.4) is 0 Å². The van der Waals surface area contributed by atoms with E-state index in [4.69, 9.17) is 0 Å². The summed E-state index contributed by atoms with van der Waals surface area (Å²) < 4.78 is 26.3. The van der Waals surface area contributed by atoms with Gasteiger partial charge >= 0.3 is 0 Å². The van der Waals surface area contributed by atoms with E-state index in [-0.39, 0.29) is 0 Å². The van der Waals surface area contributed by atoms with Crippen molar-refractivity contribution in [2.75, 3.05) is 0 Å². The van der Waals surface area contributed by atoms with Gasteiger partial charge in [-0.25, -0.2) is 13.8 Å². The van der Waals surface area contributed by atoms with E-state index in [9.17, 15) is 13.6 Å². The van der Waals surface area contributed by atoms with Crippen LogP contribution in [0.15, 0.2) is 18.2 Å². The molecule has 1 atom stereocenters. The molecule has 0 fully saturated rings. The first-order valence-electron chi connectivity index (χ1n) is 6.67. The Morgan fingerprint density at radius 3 is 2.70 bits per heavy atom. The van der Waals surface area contributed by atoms with Gasteiger partial charge in [0.25, 0.3) is 0 Å². The molecule has 1 unspecified atom stereocenters. The molecule has 3 rings (SSSR count).